The number of hydrogen-bond donors (Lipinski definition) is 1. The third-order valence-electron chi connectivity index (χ3n) is 3.18. The van der Waals surface area contributed by atoms with Crippen molar-refractivity contribution in [2.24, 2.45) is 0 Å². The molecule has 0 aliphatic heterocycles. The molecule has 0 unspecified atom stereocenters. The quantitative estimate of drug-likeness (QED) is 0.787. The predicted octanol–water partition coefficient (Wildman–Crippen LogP) is 3.12. The van der Waals surface area contributed by atoms with Crippen molar-refractivity contribution in [1.82, 2.24) is 9.55 Å². The van der Waals surface area contributed by atoms with Crippen LogP contribution in [0.15, 0.2) is 47.4 Å². The van der Waals surface area contributed by atoms with Gasteiger partial charge in [-0.05, 0) is 24.3 Å². The van der Waals surface area contributed by atoms with Crippen LogP contribution >= 0.6 is 11.3 Å². The van der Waals surface area contributed by atoms with Gasteiger partial charge in [-0.1, -0.05) is 23.5 Å². The van der Waals surface area contributed by atoms with E-state index >= 15 is 0 Å². The number of amides is 1. The molecule has 0 spiro atoms. The Balaban J connectivity index is 1.79. The molecule has 1 N–H and O–H groups in total. The average Bonchev–Trinajstić information content (AvgIpc) is 2.90. The molecular formula is C15H10F3N3O2S. The molecule has 0 saturated heterocycles. The molecule has 3 aromatic rings. The van der Waals surface area contributed by atoms with E-state index in [0.29, 0.717) is 21.3 Å². The summed E-state index contributed by atoms with van der Waals surface area (Å²) < 4.78 is 39.7. The summed E-state index contributed by atoms with van der Waals surface area (Å²) in [5.74, 6) is -0.629. The normalized spacial score (nSPS) is 11.6. The van der Waals surface area contributed by atoms with E-state index in [2.05, 4.69) is 10.3 Å². The van der Waals surface area contributed by atoms with Crippen LogP contribution in [0.4, 0.5) is 18.3 Å². The number of nitrogens with zero attached hydrogens (tertiary/aromatic N) is 2. The molecule has 5 nitrogen and oxygen atoms in total. The summed E-state index contributed by atoms with van der Waals surface area (Å²) in [6.07, 6.45) is -3.63. The number of nitrogens with one attached hydrogen (secondary N) is 1. The van der Waals surface area contributed by atoms with Crippen LogP contribution in [0.1, 0.15) is 5.56 Å². The van der Waals surface area contributed by atoms with Crippen LogP contribution in [-0.4, -0.2) is 15.5 Å². The first-order valence-corrected chi connectivity index (χ1v) is 7.58. The van der Waals surface area contributed by atoms with E-state index in [1.54, 1.807) is 12.1 Å². The molecule has 0 saturated carbocycles. The molecule has 0 bridgehead atoms. The van der Waals surface area contributed by atoms with Gasteiger partial charge < -0.3 is 9.88 Å². The van der Waals surface area contributed by atoms with Crippen LogP contribution in [0, 0.1) is 0 Å². The highest BCUT2D eigenvalue weighted by Crippen LogP contribution is 2.26. The molecule has 0 aliphatic rings. The number of rotatable bonds is 3. The number of aromatic nitrogens is 2. The van der Waals surface area contributed by atoms with E-state index in [1.807, 2.05) is 12.1 Å². The van der Waals surface area contributed by atoms with Crippen molar-refractivity contribution in [3.8, 4) is 0 Å². The van der Waals surface area contributed by atoms with Gasteiger partial charge in [0.05, 0.1) is 10.2 Å². The maximum absolute atomic E-state index is 12.7. The van der Waals surface area contributed by atoms with Crippen molar-refractivity contribution in [2.45, 2.75) is 12.7 Å². The van der Waals surface area contributed by atoms with Crippen molar-refractivity contribution in [1.29, 1.82) is 0 Å². The Hall–Kier alpha value is -2.68. The second-order valence-corrected chi connectivity index (χ2v) is 5.92. The lowest BCUT2D eigenvalue weighted by atomic mass is 10.2. The van der Waals surface area contributed by atoms with Gasteiger partial charge in [0, 0.05) is 6.20 Å². The lowest BCUT2D eigenvalue weighted by Crippen LogP contribution is -2.31. The minimum atomic E-state index is -4.76. The van der Waals surface area contributed by atoms with Crippen LogP contribution in [-0.2, 0) is 17.5 Å². The van der Waals surface area contributed by atoms with Crippen LogP contribution in [0.5, 0.6) is 0 Å². The number of fused-ring (bicyclic) bond motifs is 1. The maximum Gasteiger partial charge on any atom is 0.421 e. The second-order valence-electron chi connectivity index (χ2n) is 4.89. The Morgan fingerprint density at radius 3 is 2.67 bits per heavy atom. The van der Waals surface area contributed by atoms with E-state index in [-0.39, 0.29) is 0 Å². The standard InChI is InChI=1S/C15H10F3N3O2S/c16-15(17,18)9-4-3-7-21(13(9)23)8-12(22)20-14-19-10-5-1-2-6-11(10)24-14/h1-7H,8H2,(H,19,20,22). The van der Waals surface area contributed by atoms with Crippen molar-refractivity contribution < 1.29 is 18.0 Å². The monoisotopic (exact) mass is 353 g/mol. The number of halogens is 3. The Bertz CT molecular complexity index is 929. The fraction of sp³-hybridized carbons (Fsp3) is 0.133. The van der Waals surface area contributed by atoms with Crippen LogP contribution in [0.2, 0.25) is 0 Å². The van der Waals surface area contributed by atoms with Gasteiger partial charge in [0.1, 0.15) is 12.1 Å². The topological polar surface area (TPSA) is 64.0 Å². The third kappa shape index (κ3) is 3.30. The second kappa shape index (κ2) is 6.08. The number of alkyl halides is 3. The smallest absolute Gasteiger partial charge is 0.306 e. The van der Waals surface area contributed by atoms with Gasteiger partial charge in [-0.15, -0.1) is 0 Å². The zero-order valence-electron chi connectivity index (χ0n) is 12.0. The van der Waals surface area contributed by atoms with E-state index < -0.39 is 29.8 Å². The number of carbonyl (C=O) groups excluding carboxylic acids is 1. The minimum Gasteiger partial charge on any atom is -0.306 e. The maximum atomic E-state index is 12.7. The highest BCUT2D eigenvalue weighted by atomic mass is 32.1. The number of pyridine rings is 1. The molecule has 0 aliphatic carbocycles. The predicted molar refractivity (Wildman–Crippen MR) is 84.0 cm³/mol. The van der Waals surface area contributed by atoms with Crippen molar-refractivity contribution in [3.05, 3.63) is 58.5 Å². The number of anilines is 1. The van der Waals surface area contributed by atoms with Crippen molar-refractivity contribution in [2.75, 3.05) is 5.32 Å². The van der Waals surface area contributed by atoms with Gasteiger partial charge >= 0.3 is 6.18 Å². The highest BCUT2D eigenvalue weighted by Gasteiger charge is 2.34. The van der Waals surface area contributed by atoms with Crippen LogP contribution in [0.3, 0.4) is 0 Å². The molecule has 0 fully saturated rings. The first-order valence-electron chi connectivity index (χ1n) is 6.76. The van der Waals surface area contributed by atoms with Crippen LogP contribution in [0.25, 0.3) is 10.2 Å². The van der Waals surface area contributed by atoms with E-state index in [0.717, 1.165) is 17.0 Å². The molecule has 0 atom stereocenters. The Morgan fingerprint density at radius 1 is 1.21 bits per heavy atom. The summed E-state index contributed by atoms with van der Waals surface area (Å²) in [5.41, 5.74) is -1.86. The molecular weight excluding hydrogens is 343 g/mol. The highest BCUT2D eigenvalue weighted by molar-refractivity contribution is 7.22. The number of para-hydroxylation sites is 1. The van der Waals surface area contributed by atoms with Crippen LogP contribution < -0.4 is 10.9 Å². The fourth-order valence-corrected chi connectivity index (χ4v) is 3.00. The molecule has 124 valence electrons. The lowest BCUT2D eigenvalue weighted by Gasteiger charge is -2.09. The van der Waals surface area contributed by atoms with E-state index in [4.69, 9.17) is 0 Å². The first-order chi connectivity index (χ1) is 11.3. The molecule has 1 amide bonds. The largest absolute Gasteiger partial charge is 0.421 e. The summed E-state index contributed by atoms with van der Waals surface area (Å²) in [6.45, 7) is -0.529. The average molecular weight is 353 g/mol. The molecule has 9 heteroatoms. The summed E-state index contributed by atoms with van der Waals surface area (Å²) in [7, 11) is 0. The molecule has 24 heavy (non-hydrogen) atoms. The molecule has 2 heterocycles. The molecule has 2 aromatic heterocycles. The number of hydrogen-bond acceptors (Lipinski definition) is 4. The van der Waals surface area contributed by atoms with Gasteiger partial charge in [-0.2, -0.15) is 13.2 Å². The van der Waals surface area contributed by atoms with Gasteiger partial charge in [-0.3, -0.25) is 9.59 Å². The van der Waals surface area contributed by atoms with Crippen molar-refractivity contribution in [3.63, 3.8) is 0 Å². The first kappa shape index (κ1) is 16.2. The molecule has 1 aromatic carbocycles. The Morgan fingerprint density at radius 2 is 1.96 bits per heavy atom. The summed E-state index contributed by atoms with van der Waals surface area (Å²) >= 11 is 1.24. The Kier molecular flexibility index (Phi) is 4.10. The SMILES string of the molecule is O=C(Cn1cccc(C(F)(F)F)c1=O)Nc1nc2ccccc2s1. The summed E-state index contributed by atoms with van der Waals surface area (Å²) in [5, 5.41) is 2.81. The zero-order valence-corrected chi connectivity index (χ0v) is 12.8. The third-order valence-corrected chi connectivity index (χ3v) is 4.13. The van der Waals surface area contributed by atoms with E-state index in [9.17, 15) is 22.8 Å². The van der Waals surface area contributed by atoms with Gasteiger partial charge in [0.2, 0.25) is 5.91 Å². The number of benzene rings is 1. The summed E-state index contributed by atoms with van der Waals surface area (Å²) in [6, 6.07) is 9.00. The fourth-order valence-electron chi connectivity index (χ4n) is 2.12. The molecule has 3 rings (SSSR count). The molecule has 0 radical (unpaired) electrons. The van der Waals surface area contributed by atoms with E-state index in [1.165, 1.54) is 11.3 Å². The summed E-state index contributed by atoms with van der Waals surface area (Å²) in [4.78, 5) is 28.0. The van der Waals surface area contributed by atoms with Gasteiger partial charge in [-0.25, -0.2) is 4.98 Å². The van der Waals surface area contributed by atoms with Gasteiger partial charge in [0.25, 0.3) is 5.56 Å². The minimum absolute atomic E-state index is 0.321. The number of thiazole rings is 1. The van der Waals surface area contributed by atoms with Crippen molar-refractivity contribution >= 4 is 32.6 Å². The number of carbonyl (C=O) groups is 1. The van der Waals surface area contributed by atoms with Gasteiger partial charge in [0.15, 0.2) is 5.13 Å². The lowest BCUT2D eigenvalue weighted by molar-refractivity contribution is -0.139. The Labute approximate surface area is 137 Å². The zero-order chi connectivity index (χ0) is 17.3.